The maximum Gasteiger partial charge on any atom is 0.164 e. The number of imidazole rings is 1. The highest BCUT2D eigenvalue weighted by Gasteiger charge is 2.22. The molecule has 0 unspecified atom stereocenters. The molecule has 23 heavy (non-hydrogen) atoms. The van der Waals surface area contributed by atoms with Crippen molar-refractivity contribution < 1.29 is 9.47 Å². The molecule has 2 heterocycles. The minimum Gasteiger partial charge on any atom is -0.493 e. The van der Waals surface area contributed by atoms with Gasteiger partial charge in [-0.15, -0.1) is 0 Å². The second-order valence-electron chi connectivity index (χ2n) is 5.74. The van der Waals surface area contributed by atoms with E-state index in [4.69, 9.17) is 9.47 Å². The lowest BCUT2D eigenvalue weighted by atomic mass is 10.0. The monoisotopic (exact) mass is 309 g/mol. The molecule has 0 saturated heterocycles. The highest BCUT2D eigenvalue weighted by Crippen LogP contribution is 2.34. The van der Waals surface area contributed by atoms with Gasteiger partial charge in [-0.2, -0.15) is 0 Å². The summed E-state index contributed by atoms with van der Waals surface area (Å²) in [4.78, 5) is 7.93. The van der Waals surface area contributed by atoms with Gasteiger partial charge >= 0.3 is 0 Å². The molecule has 0 aliphatic carbocycles. The Morgan fingerprint density at radius 3 is 3.04 bits per heavy atom. The van der Waals surface area contributed by atoms with Crippen LogP contribution in [0, 0.1) is 0 Å². The van der Waals surface area contributed by atoms with Gasteiger partial charge in [-0.3, -0.25) is 0 Å². The number of benzene rings is 2. The van der Waals surface area contributed by atoms with E-state index in [1.807, 2.05) is 36.4 Å². The number of aromatic amines is 1. The average molecular weight is 309 g/mol. The van der Waals surface area contributed by atoms with E-state index in [2.05, 4.69) is 21.4 Å². The van der Waals surface area contributed by atoms with Crippen molar-refractivity contribution in [1.29, 1.82) is 0 Å². The topological polar surface area (TPSA) is 59.2 Å². The Morgan fingerprint density at radius 2 is 2.17 bits per heavy atom. The van der Waals surface area contributed by atoms with E-state index in [0.29, 0.717) is 13.2 Å². The van der Waals surface area contributed by atoms with Gasteiger partial charge in [0.15, 0.2) is 11.5 Å². The number of nitrogens with zero attached hydrogens (tertiary/aromatic N) is 1. The third-order valence-corrected chi connectivity index (χ3v) is 4.17. The first-order valence-electron chi connectivity index (χ1n) is 7.79. The lowest BCUT2D eigenvalue weighted by Gasteiger charge is -2.27. The van der Waals surface area contributed by atoms with Crippen molar-refractivity contribution in [2.75, 3.05) is 13.7 Å². The van der Waals surface area contributed by atoms with Crippen LogP contribution >= 0.6 is 0 Å². The van der Waals surface area contributed by atoms with Crippen LogP contribution in [-0.2, 0) is 13.0 Å². The molecule has 0 amide bonds. The summed E-state index contributed by atoms with van der Waals surface area (Å²) in [5.41, 5.74) is 3.25. The minimum atomic E-state index is 0.266. The SMILES string of the molecule is COc1cccc2c1OC[C@H](NCc1nc3ccccc3[nH]1)C2. The first-order chi connectivity index (χ1) is 11.3. The number of aromatic nitrogens is 2. The number of hydrogen-bond acceptors (Lipinski definition) is 4. The first kappa shape index (κ1) is 14.1. The smallest absolute Gasteiger partial charge is 0.164 e. The van der Waals surface area contributed by atoms with E-state index < -0.39 is 0 Å². The van der Waals surface area contributed by atoms with Crippen LogP contribution in [0.3, 0.4) is 0 Å². The lowest BCUT2D eigenvalue weighted by molar-refractivity contribution is 0.226. The molecular weight excluding hydrogens is 290 g/mol. The van der Waals surface area contributed by atoms with Gasteiger partial charge in [0.2, 0.25) is 0 Å². The van der Waals surface area contributed by atoms with Crippen LogP contribution < -0.4 is 14.8 Å². The minimum absolute atomic E-state index is 0.266. The van der Waals surface area contributed by atoms with Crippen molar-refractivity contribution in [3.05, 3.63) is 53.9 Å². The third-order valence-electron chi connectivity index (χ3n) is 4.17. The van der Waals surface area contributed by atoms with Gasteiger partial charge in [-0.05, 0) is 30.2 Å². The van der Waals surface area contributed by atoms with E-state index >= 15 is 0 Å². The summed E-state index contributed by atoms with van der Waals surface area (Å²) in [6.07, 6.45) is 0.923. The number of nitrogens with one attached hydrogen (secondary N) is 2. The van der Waals surface area contributed by atoms with Crippen molar-refractivity contribution >= 4 is 11.0 Å². The normalized spacial score (nSPS) is 16.8. The van der Waals surface area contributed by atoms with Crippen LogP contribution in [0.1, 0.15) is 11.4 Å². The molecule has 118 valence electrons. The number of methoxy groups -OCH3 is 1. The number of hydrogen-bond donors (Lipinski definition) is 2. The van der Waals surface area contributed by atoms with Gasteiger partial charge in [0.25, 0.3) is 0 Å². The van der Waals surface area contributed by atoms with Gasteiger partial charge in [0, 0.05) is 6.04 Å². The lowest BCUT2D eigenvalue weighted by Crippen LogP contribution is -2.39. The molecule has 1 aliphatic heterocycles. The molecule has 0 spiro atoms. The maximum absolute atomic E-state index is 5.89. The molecule has 1 aromatic heterocycles. The molecule has 5 heteroatoms. The molecule has 5 nitrogen and oxygen atoms in total. The Kier molecular flexibility index (Phi) is 3.63. The van der Waals surface area contributed by atoms with Crippen molar-refractivity contribution in [3.8, 4) is 11.5 Å². The maximum atomic E-state index is 5.89. The van der Waals surface area contributed by atoms with Crippen LogP contribution in [-0.4, -0.2) is 29.7 Å². The van der Waals surface area contributed by atoms with E-state index in [1.165, 1.54) is 5.56 Å². The van der Waals surface area contributed by atoms with Crippen molar-refractivity contribution in [2.45, 2.75) is 19.0 Å². The summed E-state index contributed by atoms with van der Waals surface area (Å²) in [5, 5.41) is 3.52. The Balaban J connectivity index is 1.44. The zero-order chi connectivity index (χ0) is 15.6. The van der Waals surface area contributed by atoms with Crippen LogP contribution in [0.25, 0.3) is 11.0 Å². The molecule has 0 saturated carbocycles. The van der Waals surface area contributed by atoms with Gasteiger partial charge < -0.3 is 19.8 Å². The van der Waals surface area contributed by atoms with Crippen LogP contribution in [0.4, 0.5) is 0 Å². The van der Waals surface area contributed by atoms with Crippen LogP contribution in [0.2, 0.25) is 0 Å². The third kappa shape index (κ3) is 2.75. The van der Waals surface area contributed by atoms with Gasteiger partial charge in [0.05, 0.1) is 24.7 Å². The highest BCUT2D eigenvalue weighted by atomic mass is 16.5. The molecule has 0 fully saturated rings. The van der Waals surface area contributed by atoms with Crippen LogP contribution in [0.5, 0.6) is 11.5 Å². The fraction of sp³-hybridized carbons (Fsp3) is 0.278. The molecule has 1 aliphatic rings. The molecule has 1 atom stereocenters. The zero-order valence-electron chi connectivity index (χ0n) is 13.0. The molecule has 2 N–H and O–H groups in total. The van der Waals surface area contributed by atoms with Gasteiger partial charge in [-0.25, -0.2) is 4.98 Å². The summed E-state index contributed by atoms with van der Waals surface area (Å²) in [6.45, 7) is 1.33. The molecular formula is C18H19N3O2. The number of fused-ring (bicyclic) bond motifs is 2. The largest absolute Gasteiger partial charge is 0.493 e. The van der Waals surface area contributed by atoms with Crippen molar-refractivity contribution in [2.24, 2.45) is 0 Å². The van der Waals surface area contributed by atoms with Gasteiger partial charge in [0.1, 0.15) is 12.4 Å². The van der Waals surface area contributed by atoms with E-state index in [-0.39, 0.29) is 6.04 Å². The predicted octanol–water partition coefficient (Wildman–Crippen LogP) is 2.66. The molecule has 3 aromatic rings. The number of rotatable bonds is 4. The Morgan fingerprint density at radius 1 is 1.26 bits per heavy atom. The van der Waals surface area contributed by atoms with Crippen molar-refractivity contribution in [3.63, 3.8) is 0 Å². The van der Waals surface area contributed by atoms with Crippen LogP contribution in [0.15, 0.2) is 42.5 Å². The van der Waals surface area contributed by atoms with E-state index in [1.54, 1.807) is 7.11 Å². The van der Waals surface area contributed by atoms with Crippen molar-refractivity contribution in [1.82, 2.24) is 15.3 Å². The average Bonchev–Trinajstić information content (AvgIpc) is 3.02. The quantitative estimate of drug-likeness (QED) is 0.778. The summed E-state index contributed by atoms with van der Waals surface area (Å²) in [6, 6.07) is 14.4. The number of H-pyrrole nitrogens is 1. The predicted molar refractivity (Wildman–Crippen MR) is 88.9 cm³/mol. The Labute approximate surface area is 134 Å². The van der Waals surface area contributed by atoms with E-state index in [9.17, 15) is 0 Å². The second kappa shape index (κ2) is 5.93. The second-order valence-corrected chi connectivity index (χ2v) is 5.74. The Hall–Kier alpha value is -2.53. The molecule has 0 bridgehead atoms. The molecule has 2 aromatic carbocycles. The standard InChI is InChI=1S/C18H19N3O2/c1-22-16-8-4-5-12-9-13(11-23-18(12)16)19-10-17-20-14-6-2-3-7-15(14)21-17/h2-8,13,19H,9-11H2,1H3,(H,20,21)/t13-/m1/s1. The fourth-order valence-corrected chi connectivity index (χ4v) is 3.02. The summed E-state index contributed by atoms with van der Waals surface area (Å²) in [5.74, 6) is 2.62. The first-order valence-corrected chi connectivity index (χ1v) is 7.79. The van der Waals surface area contributed by atoms with E-state index in [0.717, 1.165) is 34.8 Å². The Bertz CT molecular complexity index is 795. The number of para-hydroxylation sites is 3. The zero-order valence-corrected chi connectivity index (χ0v) is 13.0. The molecule has 0 radical (unpaired) electrons. The van der Waals surface area contributed by atoms with Gasteiger partial charge in [-0.1, -0.05) is 24.3 Å². The number of ether oxygens (including phenoxy) is 2. The molecule has 4 rings (SSSR count). The summed E-state index contributed by atoms with van der Waals surface area (Å²) < 4.78 is 11.2. The fourth-order valence-electron chi connectivity index (χ4n) is 3.02. The highest BCUT2D eigenvalue weighted by molar-refractivity contribution is 5.74. The summed E-state index contributed by atoms with van der Waals surface area (Å²) >= 11 is 0. The summed E-state index contributed by atoms with van der Waals surface area (Å²) in [7, 11) is 1.67.